The van der Waals surface area contributed by atoms with Gasteiger partial charge in [0.05, 0.1) is 17.1 Å². The van der Waals surface area contributed by atoms with Gasteiger partial charge in [-0.05, 0) is 23.2 Å². The minimum atomic E-state index is -3.56. The molecule has 1 aromatic carbocycles. The van der Waals surface area contributed by atoms with Gasteiger partial charge in [0.25, 0.3) is 0 Å². The standard InChI is InChI=1S/C9H9BO6S/c1-17(14,15)8-3-5(9(11)12)2-7-6(8)4-16-10(7)13/h2-3,13H,4H2,1H3,(H,11,12). The molecule has 0 aliphatic carbocycles. The molecule has 0 saturated carbocycles. The van der Waals surface area contributed by atoms with Gasteiger partial charge in [0, 0.05) is 6.26 Å². The van der Waals surface area contributed by atoms with Crippen LogP contribution in [0.1, 0.15) is 15.9 Å². The second kappa shape index (κ2) is 3.83. The van der Waals surface area contributed by atoms with E-state index in [1.165, 1.54) is 6.07 Å². The van der Waals surface area contributed by atoms with E-state index >= 15 is 0 Å². The van der Waals surface area contributed by atoms with Gasteiger partial charge in [-0.2, -0.15) is 0 Å². The van der Waals surface area contributed by atoms with Crippen molar-refractivity contribution in [1.82, 2.24) is 0 Å². The van der Waals surface area contributed by atoms with Gasteiger partial charge in [0.15, 0.2) is 9.84 Å². The van der Waals surface area contributed by atoms with E-state index in [0.29, 0.717) is 5.56 Å². The van der Waals surface area contributed by atoms with Gasteiger partial charge in [-0.15, -0.1) is 0 Å². The molecule has 0 aromatic heterocycles. The maximum atomic E-state index is 11.5. The summed E-state index contributed by atoms with van der Waals surface area (Å²) in [5.41, 5.74) is 0.337. The molecular formula is C9H9BO6S. The zero-order valence-corrected chi connectivity index (χ0v) is 9.69. The van der Waals surface area contributed by atoms with Crippen LogP contribution >= 0.6 is 0 Å². The minimum Gasteiger partial charge on any atom is -0.478 e. The van der Waals surface area contributed by atoms with Crippen molar-refractivity contribution in [2.24, 2.45) is 0 Å². The predicted molar refractivity (Wildman–Crippen MR) is 58.9 cm³/mol. The number of carbonyl (C=O) groups is 1. The predicted octanol–water partition coefficient (Wildman–Crippen LogP) is -0.994. The third-order valence-electron chi connectivity index (χ3n) is 2.54. The van der Waals surface area contributed by atoms with Crippen molar-refractivity contribution in [1.29, 1.82) is 0 Å². The Morgan fingerprint density at radius 3 is 2.65 bits per heavy atom. The number of rotatable bonds is 2. The zero-order chi connectivity index (χ0) is 12.8. The molecule has 0 saturated heterocycles. The maximum Gasteiger partial charge on any atom is 0.491 e. The summed E-state index contributed by atoms with van der Waals surface area (Å²) < 4.78 is 28.0. The van der Waals surface area contributed by atoms with Gasteiger partial charge in [0.1, 0.15) is 0 Å². The van der Waals surface area contributed by atoms with Gasteiger partial charge in [-0.1, -0.05) is 0 Å². The van der Waals surface area contributed by atoms with Gasteiger partial charge >= 0.3 is 13.1 Å². The minimum absolute atomic E-state index is 0.0429. The molecule has 1 aliphatic heterocycles. The molecule has 8 heteroatoms. The third-order valence-corrected chi connectivity index (χ3v) is 3.70. The van der Waals surface area contributed by atoms with Crippen molar-refractivity contribution in [3.8, 4) is 0 Å². The van der Waals surface area contributed by atoms with Gasteiger partial charge in [-0.3, -0.25) is 0 Å². The van der Waals surface area contributed by atoms with E-state index in [9.17, 15) is 18.2 Å². The van der Waals surface area contributed by atoms with Crippen LogP contribution in [0.3, 0.4) is 0 Å². The Bertz CT molecular complexity index is 594. The number of fused-ring (bicyclic) bond motifs is 1. The number of sulfone groups is 1. The highest BCUT2D eigenvalue weighted by atomic mass is 32.2. The summed E-state index contributed by atoms with van der Waals surface area (Å²) in [5.74, 6) is -1.25. The highest BCUT2D eigenvalue weighted by molar-refractivity contribution is 7.90. The number of aromatic carboxylic acids is 1. The zero-order valence-electron chi connectivity index (χ0n) is 8.87. The fourth-order valence-corrected chi connectivity index (χ4v) is 2.71. The molecule has 2 N–H and O–H groups in total. The summed E-state index contributed by atoms with van der Waals surface area (Å²) in [6.07, 6.45) is 0.985. The number of hydrogen-bond donors (Lipinski definition) is 2. The highest BCUT2D eigenvalue weighted by Gasteiger charge is 2.33. The first-order chi connectivity index (χ1) is 7.80. The van der Waals surface area contributed by atoms with Crippen LogP contribution in [0.4, 0.5) is 0 Å². The van der Waals surface area contributed by atoms with Crippen LogP contribution in [-0.4, -0.2) is 37.9 Å². The monoisotopic (exact) mass is 256 g/mol. The maximum absolute atomic E-state index is 11.5. The molecule has 0 unspecified atom stereocenters. The van der Waals surface area contributed by atoms with Crippen molar-refractivity contribution in [3.05, 3.63) is 23.3 Å². The van der Waals surface area contributed by atoms with Crippen LogP contribution in [0.15, 0.2) is 17.0 Å². The quantitative estimate of drug-likeness (QED) is 0.658. The lowest BCUT2D eigenvalue weighted by molar-refractivity contribution is 0.0696. The van der Waals surface area contributed by atoms with Crippen LogP contribution < -0.4 is 5.46 Å². The number of carboxylic acid groups (broad SMARTS) is 1. The fourth-order valence-electron chi connectivity index (χ4n) is 1.75. The van der Waals surface area contributed by atoms with Gasteiger partial charge in [0.2, 0.25) is 0 Å². The smallest absolute Gasteiger partial charge is 0.478 e. The van der Waals surface area contributed by atoms with E-state index in [1.807, 2.05) is 0 Å². The van der Waals surface area contributed by atoms with Crippen molar-refractivity contribution in [2.45, 2.75) is 11.5 Å². The first kappa shape index (κ1) is 12.1. The summed E-state index contributed by atoms with van der Waals surface area (Å²) in [5, 5.41) is 18.3. The highest BCUT2D eigenvalue weighted by Crippen LogP contribution is 2.21. The van der Waals surface area contributed by atoms with E-state index in [-0.39, 0.29) is 22.5 Å². The van der Waals surface area contributed by atoms with Crippen LogP contribution in [0.5, 0.6) is 0 Å². The van der Waals surface area contributed by atoms with E-state index in [1.54, 1.807) is 0 Å². The topological polar surface area (TPSA) is 101 Å². The Hall–Kier alpha value is -1.38. The van der Waals surface area contributed by atoms with Crippen molar-refractivity contribution in [2.75, 3.05) is 6.26 Å². The Kier molecular flexibility index (Phi) is 2.72. The number of hydrogen-bond acceptors (Lipinski definition) is 5. The lowest BCUT2D eigenvalue weighted by Gasteiger charge is -2.07. The molecule has 0 fully saturated rings. The Morgan fingerprint density at radius 1 is 1.47 bits per heavy atom. The molecule has 1 aliphatic rings. The Labute approximate surface area is 97.9 Å². The van der Waals surface area contributed by atoms with E-state index in [4.69, 9.17) is 9.76 Å². The number of benzene rings is 1. The first-order valence-corrected chi connectivity index (χ1v) is 6.59. The normalized spacial score (nSPS) is 14.8. The Morgan fingerprint density at radius 2 is 2.12 bits per heavy atom. The van der Waals surface area contributed by atoms with E-state index < -0.39 is 22.9 Å². The van der Waals surface area contributed by atoms with Crippen molar-refractivity contribution < 1.29 is 28.0 Å². The molecule has 0 bridgehead atoms. The molecule has 0 amide bonds. The summed E-state index contributed by atoms with van der Waals surface area (Å²) in [6, 6.07) is 2.31. The fraction of sp³-hybridized carbons (Fsp3) is 0.222. The van der Waals surface area contributed by atoms with Crippen LogP contribution in [-0.2, 0) is 21.1 Å². The van der Waals surface area contributed by atoms with Crippen LogP contribution in [0, 0.1) is 0 Å². The third kappa shape index (κ3) is 2.06. The lowest BCUT2D eigenvalue weighted by atomic mass is 9.79. The summed E-state index contributed by atoms with van der Waals surface area (Å²) in [6.45, 7) is -0.0429. The van der Waals surface area contributed by atoms with Gasteiger partial charge in [-0.25, -0.2) is 13.2 Å². The number of carboxylic acids is 1. The second-order valence-corrected chi connectivity index (χ2v) is 5.77. The first-order valence-electron chi connectivity index (χ1n) is 4.70. The van der Waals surface area contributed by atoms with Gasteiger partial charge < -0.3 is 14.8 Å². The van der Waals surface area contributed by atoms with Crippen molar-refractivity contribution in [3.63, 3.8) is 0 Å². The molecule has 0 atom stereocenters. The average Bonchev–Trinajstić information content (AvgIpc) is 2.58. The Balaban J connectivity index is 2.76. The average molecular weight is 256 g/mol. The molecule has 90 valence electrons. The largest absolute Gasteiger partial charge is 0.491 e. The lowest BCUT2D eigenvalue weighted by Crippen LogP contribution is -2.29. The molecule has 2 rings (SSSR count). The van der Waals surface area contributed by atoms with E-state index in [2.05, 4.69) is 0 Å². The van der Waals surface area contributed by atoms with Crippen molar-refractivity contribution >= 4 is 28.4 Å². The molecule has 0 spiro atoms. The van der Waals surface area contributed by atoms with E-state index in [0.717, 1.165) is 12.3 Å². The van der Waals surface area contributed by atoms with Crippen LogP contribution in [0.25, 0.3) is 0 Å². The molecule has 0 radical (unpaired) electrons. The molecular weight excluding hydrogens is 247 g/mol. The molecule has 1 aromatic rings. The second-order valence-electron chi connectivity index (χ2n) is 3.78. The molecule has 17 heavy (non-hydrogen) atoms. The van der Waals surface area contributed by atoms with Crippen LogP contribution in [0.2, 0.25) is 0 Å². The SMILES string of the molecule is CS(=O)(=O)c1cc(C(=O)O)cc2c1COB2O. The summed E-state index contributed by atoms with van der Waals surface area (Å²) in [4.78, 5) is 10.8. The molecule has 1 heterocycles. The summed E-state index contributed by atoms with van der Waals surface area (Å²) in [7, 11) is -4.84. The summed E-state index contributed by atoms with van der Waals surface area (Å²) >= 11 is 0. The molecule has 6 nitrogen and oxygen atoms in total.